The lowest BCUT2D eigenvalue weighted by molar-refractivity contribution is 0.632. The van der Waals surface area contributed by atoms with E-state index in [1.165, 1.54) is 125 Å². The van der Waals surface area contributed by atoms with Gasteiger partial charge in [-0.2, -0.15) is 0 Å². The van der Waals surface area contributed by atoms with Crippen molar-refractivity contribution in [2.45, 2.75) is 156 Å². The maximum absolute atomic E-state index is 3.60. The molecular formula is C64H70S2. The maximum Gasteiger partial charge on any atom is 0.0792 e. The molecule has 0 spiro atoms. The van der Waals surface area contributed by atoms with Gasteiger partial charge in [0.05, 0.1) is 19.5 Å². The Morgan fingerprint density at radius 3 is 0.848 bits per heavy atom. The molecule has 66 heavy (non-hydrogen) atoms. The normalized spacial score (nSPS) is 10.5. The van der Waals surface area contributed by atoms with Crippen molar-refractivity contribution in [2.75, 3.05) is 0 Å². The van der Waals surface area contributed by atoms with Crippen molar-refractivity contribution < 1.29 is 0 Å². The molecule has 4 aromatic carbocycles. The molecule has 0 radical (unpaired) electrons. The van der Waals surface area contributed by atoms with Crippen LogP contribution in [0.4, 0.5) is 0 Å². The monoisotopic (exact) mass is 902 g/mol. The lowest BCUT2D eigenvalue weighted by Gasteiger charge is -2.02. The molecule has 0 aliphatic rings. The molecule has 0 atom stereocenters. The molecule has 2 heterocycles. The summed E-state index contributed by atoms with van der Waals surface area (Å²) in [5.74, 6) is 28.2. The highest BCUT2D eigenvalue weighted by Crippen LogP contribution is 2.40. The topological polar surface area (TPSA) is 0 Å². The Kier molecular flexibility index (Phi) is 21.6. The van der Waals surface area contributed by atoms with Crippen LogP contribution in [0.2, 0.25) is 0 Å². The lowest BCUT2D eigenvalue weighted by atomic mass is 10.0. The van der Waals surface area contributed by atoms with Crippen LogP contribution in [-0.2, 0) is 25.7 Å². The van der Waals surface area contributed by atoms with E-state index in [-0.39, 0.29) is 0 Å². The first-order valence-corrected chi connectivity index (χ1v) is 26.9. The fraction of sp³-hybridized carbons (Fsp3) is 0.375. The Labute approximate surface area is 408 Å². The summed E-state index contributed by atoms with van der Waals surface area (Å²) >= 11 is 3.41. The first-order chi connectivity index (χ1) is 32.5. The van der Waals surface area contributed by atoms with E-state index in [1.807, 2.05) is 0 Å². The summed E-state index contributed by atoms with van der Waals surface area (Å²) in [7, 11) is 0. The predicted octanol–water partition coefficient (Wildman–Crippen LogP) is 17.6. The van der Waals surface area contributed by atoms with Gasteiger partial charge >= 0.3 is 0 Å². The van der Waals surface area contributed by atoms with E-state index in [1.54, 1.807) is 22.7 Å². The number of hydrogen-bond acceptors (Lipinski definition) is 2. The minimum Gasteiger partial charge on any atom is -0.124 e. The number of rotatable bonds is 21. The minimum absolute atomic E-state index is 0.974. The number of benzene rings is 4. The largest absolute Gasteiger partial charge is 0.124 e. The van der Waals surface area contributed by atoms with Gasteiger partial charge in [0.2, 0.25) is 0 Å². The van der Waals surface area contributed by atoms with Gasteiger partial charge in [-0.1, -0.05) is 201 Å². The average Bonchev–Trinajstić information content (AvgIpc) is 3.96. The van der Waals surface area contributed by atoms with Gasteiger partial charge in [0.1, 0.15) is 0 Å². The van der Waals surface area contributed by atoms with Crippen LogP contribution in [0.15, 0.2) is 109 Å². The summed E-state index contributed by atoms with van der Waals surface area (Å²) in [6.07, 6.45) is 24.9. The third kappa shape index (κ3) is 17.1. The quantitative estimate of drug-likeness (QED) is 0.0499. The lowest BCUT2D eigenvalue weighted by Crippen LogP contribution is -1.87. The second-order valence-corrected chi connectivity index (χ2v) is 19.8. The molecule has 2 aromatic heterocycles. The summed E-state index contributed by atoms with van der Waals surface area (Å²) in [6, 6.07) is 39.7. The smallest absolute Gasteiger partial charge is 0.0792 e. The molecule has 0 aliphatic heterocycles. The molecule has 2 heteroatoms. The maximum atomic E-state index is 3.60. The van der Waals surface area contributed by atoms with Gasteiger partial charge in [-0.15, -0.1) is 22.7 Å². The van der Waals surface area contributed by atoms with Crippen LogP contribution in [0.25, 0.3) is 9.75 Å². The van der Waals surface area contributed by atoms with Gasteiger partial charge in [0, 0.05) is 33.4 Å². The molecule has 0 unspecified atom stereocenters. The second kappa shape index (κ2) is 28.5. The Bertz CT molecular complexity index is 2430. The number of unbranched alkanes of at least 4 members (excludes halogenated alkanes) is 12. The zero-order valence-electron chi connectivity index (χ0n) is 40.4. The molecule has 0 N–H and O–H groups in total. The highest BCUT2D eigenvalue weighted by Gasteiger charge is 2.16. The van der Waals surface area contributed by atoms with E-state index in [0.717, 1.165) is 78.6 Å². The second-order valence-electron chi connectivity index (χ2n) is 17.7. The van der Waals surface area contributed by atoms with Crippen molar-refractivity contribution >= 4 is 22.7 Å². The van der Waals surface area contributed by atoms with Crippen molar-refractivity contribution in [3.63, 3.8) is 0 Å². The number of thiophene rings is 2. The van der Waals surface area contributed by atoms with Crippen LogP contribution in [0.1, 0.15) is 196 Å². The van der Waals surface area contributed by atoms with E-state index in [9.17, 15) is 0 Å². The van der Waals surface area contributed by atoms with Crippen molar-refractivity contribution in [3.8, 4) is 57.1 Å². The fourth-order valence-corrected chi connectivity index (χ4v) is 10.1. The molecule has 0 fully saturated rings. The zero-order valence-corrected chi connectivity index (χ0v) is 42.0. The van der Waals surface area contributed by atoms with Crippen LogP contribution >= 0.6 is 22.7 Å². The van der Waals surface area contributed by atoms with Crippen LogP contribution < -0.4 is 0 Å². The van der Waals surface area contributed by atoms with Gasteiger partial charge in [-0.25, -0.2) is 0 Å². The van der Waals surface area contributed by atoms with E-state index >= 15 is 0 Å². The van der Waals surface area contributed by atoms with Gasteiger partial charge in [-0.3, -0.25) is 0 Å². The third-order valence-electron chi connectivity index (χ3n) is 12.1. The highest BCUT2D eigenvalue weighted by molar-refractivity contribution is 7.23. The highest BCUT2D eigenvalue weighted by atomic mass is 32.1. The van der Waals surface area contributed by atoms with Crippen molar-refractivity contribution in [3.05, 3.63) is 175 Å². The summed E-state index contributed by atoms with van der Waals surface area (Å²) in [5.41, 5.74) is 11.6. The molecule has 0 bridgehead atoms. The number of aryl methyl sites for hydroxylation is 4. The van der Waals surface area contributed by atoms with Crippen molar-refractivity contribution in [1.29, 1.82) is 0 Å². The molecule has 0 aliphatic carbocycles. The van der Waals surface area contributed by atoms with Crippen LogP contribution in [0, 0.1) is 47.4 Å². The Morgan fingerprint density at radius 1 is 0.288 bits per heavy atom. The summed E-state index contributed by atoms with van der Waals surface area (Å²) in [4.78, 5) is 4.17. The standard InChI is InChI=1S/C64H70S2/c1-5-9-13-15-19-23-53-25-33-55(34-26-53)41-45-59-49-61(47-43-57-37-29-51(30-38-57)21-17-11-7-3)65-63(59)64-60(46-42-56-35-27-54(28-36-56)24-20-16-14-10-6-2)50-62(66-64)48-44-58-39-31-52(32-40-58)22-18-12-8-4/h25-40,49-50H,5-24H2,1-4H3. The minimum atomic E-state index is 0.974. The Morgan fingerprint density at radius 2 is 0.545 bits per heavy atom. The predicted molar refractivity (Wildman–Crippen MR) is 289 cm³/mol. The summed E-state index contributed by atoms with van der Waals surface area (Å²) in [6.45, 7) is 9.06. The van der Waals surface area contributed by atoms with Crippen molar-refractivity contribution in [1.82, 2.24) is 0 Å². The fourth-order valence-electron chi connectivity index (χ4n) is 8.02. The van der Waals surface area contributed by atoms with E-state index in [2.05, 4.69) is 184 Å². The molecule has 6 aromatic rings. The average molecular weight is 903 g/mol. The molecule has 338 valence electrons. The van der Waals surface area contributed by atoms with Crippen LogP contribution in [-0.4, -0.2) is 0 Å². The Balaban J connectivity index is 1.34. The SMILES string of the molecule is CCCCCCCc1ccc(C#Cc2cc(C#Cc3ccc(CCCCC)cc3)sc2-c2sc(C#Cc3ccc(CCCCC)cc3)cc2C#Cc2ccc(CCCCCCC)cc2)cc1. The van der Waals surface area contributed by atoms with Gasteiger partial charge in [0.15, 0.2) is 0 Å². The van der Waals surface area contributed by atoms with E-state index in [4.69, 9.17) is 0 Å². The Hall–Kier alpha value is -5.48. The molecule has 6 rings (SSSR count). The first kappa shape index (κ1) is 49.9. The van der Waals surface area contributed by atoms with E-state index < -0.39 is 0 Å². The van der Waals surface area contributed by atoms with Gasteiger partial charge in [0.25, 0.3) is 0 Å². The van der Waals surface area contributed by atoms with Crippen molar-refractivity contribution in [2.24, 2.45) is 0 Å². The zero-order chi connectivity index (χ0) is 46.0. The van der Waals surface area contributed by atoms with Crippen LogP contribution in [0.5, 0.6) is 0 Å². The summed E-state index contributed by atoms with van der Waals surface area (Å²) in [5, 5.41) is 0. The van der Waals surface area contributed by atoms with Gasteiger partial charge < -0.3 is 0 Å². The summed E-state index contributed by atoms with van der Waals surface area (Å²) < 4.78 is 0. The molecule has 0 saturated heterocycles. The first-order valence-electron chi connectivity index (χ1n) is 25.2. The molecule has 0 nitrogen and oxygen atoms in total. The molecule has 0 amide bonds. The van der Waals surface area contributed by atoms with E-state index in [0.29, 0.717) is 0 Å². The molecular weight excluding hydrogens is 833 g/mol. The molecule has 0 saturated carbocycles. The van der Waals surface area contributed by atoms with Crippen LogP contribution in [0.3, 0.4) is 0 Å². The third-order valence-corrected chi connectivity index (χ3v) is 14.4. The number of hydrogen-bond donors (Lipinski definition) is 0. The van der Waals surface area contributed by atoms with Gasteiger partial charge in [-0.05, 0) is 134 Å².